The third-order valence-corrected chi connectivity index (χ3v) is 4.01. The van der Waals surface area contributed by atoms with E-state index in [9.17, 15) is 23.1 Å². The summed E-state index contributed by atoms with van der Waals surface area (Å²) < 4.78 is 42.9. The number of amides is 1. The van der Waals surface area contributed by atoms with Crippen molar-refractivity contribution in [1.29, 1.82) is 0 Å². The lowest BCUT2D eigenvalue weighted by Gasteiger charge is -2.35. The van der Waals surface area contributed by atoms with Crippen LogP contribution in [0.4, 0.5) is 13.2 Å². The summed E-state index contributed by atoms with van der Waals surface area (Å²) in [5.74, 6) is -0.0291. The molecule has 2 rings (SSSR count). The highest BCUT2D eigenvalue weighted by atomic mass is 19.4. The van der Waals surface area contributed by atoms with Gasteiger partial charge in [0.1, 0.15) is 5.75 Å². The SMILES string of the molecule is C[C@H](Oc1ccc(C(F)(F)F)cc1)C(=O)N1CC[C@H](O)[C@H](C)C1. The molecule has 1 aliphatic rings. The van der Waals surface area contributed by atoms with Gasteiger partial charge in [0.15, 0.2) is 6.10 Å². The number of halogens is 3. The van der Waals surface area contributed by atoms with Crippen LogP contribution in [-0.4, -0.2) is 41.2 Å². The fourth-order valence-corrected chi connectivity index (χ4v) is 2.57. The summed E-state index contributed by atoms with van der Waals surface area (Å²) in [6.45, 7) is 4.33. The topological polar surface area (TPSA) is 49.8 Å². The van der Waals surface area contributed by atoms with E-state index in [0.717, 1.165) is 12.1 Å². The normalized spacial score (nSPS) is 23.5. The number of carbonyl (C=O) groups excluding carboxylic acids is 1. The van der Waals surface area contributed by atoms with Gasteiger partial charge in [0.25, 0.3) is 5.91 Å². The molecule has 0 aliphatic carbocycles. The van der Waals surface area contributed by atoms with E-state index in [4.69, 9.17) is 4.74 Å². The number of benzene rings is 1. The summed E-state index contributed by atoms with van der Waals surface area (Å²) in [6.07, 6.45) is -5.09. The lowest BCUT2D eigenvalue weighted by atomic mass is 9.96. The maximum absolute atomic E-state index is 12.5. The predicted molar refractivity (Wildman–Crippen MR) is 77.9 cm³/mol. The first-order chi connectivity index (χ1) is 10.7. The Morgan fingerprint density at radius 2 is 1.96 bits per heavy atom. The zero-order valence-electron chi connectivity index (χ0n) is 13.0. The third-order valence-electron chi connectivity index (χ3n) is 4.01. The zero-order valence-corrected chi connectivity index (χ0v) is 13.0. The fourth-order valence-electron chi connectivity index (χ4n) is 2.57. The van der Waals surface area contributed by atoms with Crippen molar-refractivity contribution in [2.24, 2.45) is 5.92 Å². The molecule has 1 aromatic carbocycles. The van der Waals surface area contributed by atoms with E-state index in [1.54, 1.807) is 11.8 Å². The molecule has 3 atom stereocenters. The Kier molecular flexibility index (Phi) is 5.19. The Morgan fingerprint density at radius 3 is 2.48 bits per heavy atom. The van der Waals surface area contributed by atoms with Crippen LogP contribution in [0.25, 0.3) is 0 Å². The van der Waals surface area contributed by atoms with E-state index in [0.29, 0.717) is 19.5 Å². The van der Waals surface area contributed by atoms with Crippen LogP contribution in [0, 0.1) is 5.92 Å². The average Bonchev–Trinajstić information content (AvgIpc) is 2.49. The van der Waals surface area contributed by atoms with Crippen LogP contribution in [0.2, 0.25) is 0 Å². The molecular formula is C16H20F3NO3. The van der Waals surface area contributed by atoms with Crippen molar-refractivity contribution in [3.8, 4) is 5.75 Å². The number of aliphatic hydroxyl groups is 1. The minimum absolute atomic E-state index is 0.00836. The maximum atomic E-state index is 12.5. The number of piperidine rings is 1. The summed E-state index contributed by atoms with van der Waals surface area (Å²) in [7, 11) is 0. The van der Waals surface area contributed by atoms with Gasteiger partial charge in [0, 0.05) is 13.1 Å². The molecular weight excluding hydrogens is 311 g/mol. The van der Waals surface area contributed by atoms with Crippen molar-refractivity contribution in [3.63, 3.8) is 0 Å². The van der Waals surface area contributed by atoms with Gasteiger partial charge in [0.2, 0.25) is 0 Å². The van der Waals surface area contributed by atoms with Gasteiger partial charge in [-0.25, -0.2) is 0 Å². The number of likely N-dealkylation sites (tertiary alicyclic amines) is 1. The number of alkyl halides is 3. The van der Waals surface area contributed by atoms with Gasteiger partial charge in [0.05, 0.1) is 11.7 Å². The van der Waals surface area contributed by atoms with Gasteiger partial charge < -0.3 is 14.7 Å². The first-order valence-corrected chi connectivity index (χ1v) is 7.49. The first kappa shape index (κ1) is 17.6. The molecule has 1 aliphatic heterocycles. The van der Waals surface area contributed by atoms with E-state index in [-0.39, 0.29) is 17.6 Å². The maximum Gasteiger partial charge on any atom is 0.416 e. The minimum atomic E-state index is -4.40. The summed E-state index contributed by atoms with van der Waals surface area (Å²) in [6, 6.07) is 4.25. The second-order valence-electron chi connectivity index (χ2n) is 5.90. The molecule has 1 aromatic rings. The molecule has 1 heterocycles. The van der Waals surface area contributed by atoms with Gasteiger partial charge >= 0.3 is 6.18 Å². The molecule has 1 fully saturated rings. The Balaban J connectivity index is 1.96. The Labute approximate surface area is 132 Å². The summed E-state index contributed by atoms with van der Waals surface area (Å²) in [4.78, 5) is 13.9. The van der Waals surface area contributed by atoms with E-state index in [1.165, 1.54) is 12.1 Å². The second-order valence-corrected chi connectivity index (χ2v) is 5.90. The lowest BCUT2D eigenvalue weighted by molar-refractivity contribution is -0.141. The molecule has 23 heavy (non-hydrogen) atoms. The van der Waals surface area contributed by atoms with Crippen LogP contribution in [0.15, 0.2) is 24.3 Å². The molecule has 0 saturated carbocycles. The van der Waals surface area contributed by atoms with Crippen LogP contribution >= 0.6 is 0 Å². The zero-order chi connectivity index (χ0) is 17.2. The van der Waals surface area contributed by atoms with Crippen molar-refractivity contribution >= 4 is 5.91 Å². The van der Waals surface area contributed by atoms with Crippen molar-refractivity contribution in [3.05, 3.63) is 29.8 Å². The van der Waals surface area contributed by atoms with E-state index >= 15 is 0 Å². The minimum Gasteiger partial charge on any atom is -0.481 e. The third kappa shape index (κ3) is 4.37. The van der Waals surface area contributed by atoms with Crippen LogP contribution in [0.5, 0.6) is 5.75 Å². The highest BCUT2D eigenvalue weighted by Crippen LogP contribution is 2.30. The van der Waals surface area contributed by atoms with Gasteiger partial charge in [-0.1, -0.05) is 6.92 Å². The number of carbonyl (C=O) groups is 1. The van der Waals surface area contributed by atoms with Crippen LogP contribution in [-0.2, 0) is 11.0 Å². The van der Waals surface area contributed by atoms with E-state index < -0.39 is 23.9 Å². The number of rotatable bonds is 3. The Hall–Kier alpha value is -1.76. The lowest BCUT2D eigenvalue weighted by Crippen LogP contribution is -2.49. The van der Waals surface area contributed by atoms with Gasteiger partial charge in [-0.15, -0.1) is 0 Å². The number of hydrogen-bond donors (Lipinski definition) is 1. The van der Waals surface area contributed by atoms with Crippen molar-refractivity contribution in [2.75, 3.05) is 13.1 Å². The van der Waals surface area contributed by atoms with E-state index in [2.05, 4.69) is 0 Å². The standard InChI is InChI=1S/C16H20F3NO3/c1-10-9-20(8-7-14(10)21)15(22)11(2)23-13-5-3-12(4-6-13)16(17,18)19/h3-6,10-11,14,21H,7-9H2,1-2H3/t10-,11+,14+/m1/s1. The molecule has 0 aromatic heterocycles. The average molecular weight is 331 g/mol. The molecule has 1 amide bonds. The summed E-state index contributed by atoms with van der Waals surface area (Å²) in [5.41, 5.74) is -0.761. The highest BCUT2D eigenvalue weighted by Gasteiger charge is 2.31. The highest BCUT2D eigenvalue weighted by molar-refractivity contribution is 5.81. The Morgan fingerprint density at radius 1 is 1.35 bits per heavy atom. The largest absolute Gasteiger partial charge is 0.481 e. The predicted octanol–water partition coefficient (Wildman–Crippen LogP) is 2.70. The van der Waals surface area contributed by atoms with Crippen LogP contribution in [0.1, 0.15) is 25.8 Å². The Bertz CT molecular complexity index is 544. The van der Waals surface area contributed by atoms with Crippen molar-refractivity contribution in [2.45, 2.75) is 38.7 Å². The fraction of sp³-hybridized carbons (Fsp3) is 0.562. The molecule has 128 valence electrons. The molecule has 0 unspecified atom stereocenters. The van der Waals surface area contributed by atoms with Crippen molar-refractivity contribution in [1.82, 2.24) is 4.90 Å². The quantitative estimate of drug-likeness (QED) is 0.926. The second kappa shape index (κ2) is 6.78. The summed E-state index contributed by atoms with van der Waals surface area (Å²) >= 11 is 0. The molecule has 0 bridgehead atoms. The number of ether oxygens (including phenoxy) is 1. The molecule has 1 saturated heterocycles. The van der Waals surface area contributed by atoms with Gasteiger partial charge in [-0.3, -0.25) is 4.79 Å². The summed E-state index contributed by atoms with van der Waals surface area (Å²) in [5, 5.41) is 9.68. The van der Waals surface area contributed by atoms with Crippen molar-refractivity contribution < 1.29 is 27.8 Å². The van der Waals surface area contributed by atoms with Gasteiger partial charge in [-0.05, 0) is 43.5 Å². The molecule has 0 radical (unpaired) electrons. The van der Waals surface area contributed by atoms with Crippen LogP contribution < -0.4 is 4.74 Å². The molecule has 4 nitrogen and oxygen atoms in total. The number of nitrogens with zero attached hydrogens (tertiary/aromatic N) is 1. The molecule has 1 N–H and O–H groups in total. The first-order valence-electron chi connectivity index (χ1n) is 7.49. The molecule has 0 spiro atoms. The van der Waals surface area contributed by atoms with Crippen LogP contribution in [0.3, 0.4) is 0 Å². The van der Waals surface area contributed by atoms with Gasteiger partial charge in [-0.2, -0.15) is 13.2 Å². The number of aliphatic hydroxyl groups excluding tert-OH is 1. The smallest absolute Gasteiger partial charge is 0.416 e. The monoisotopic (exact) mass is 331 g/mol. The molecule has 7 heteroatoms. The number of hydrogen-bond acceptors (Lipinski definition) is 3. The van der Waals surface area contributed by atoms with E-state index in [1.807, 2.05) is 6.92 Å².